The molecule has 4 heteroatoms. The van der Waals surface area contributed by atoms with Crippen LogP contribution in [0.2, 0.25) is 0 Å². The van der Waals surface area contributed by atoms with Crippen molar-refractivity contribution in [2.75, 3.05) is 18.6 Å². The Morgan fingerprint density at radius 3 is 2.30 bits per heavy atom. The number of hydrogen-bond donors (Lipinski definition) is 2. The minimum absolute atomic E-state index is 0.0139. The minimum Gasteiger partial charge on any atom is -0.508 e. The molecular formula is C16H15NO3. The first-order chi connectivity index (χ1) is 9.63. The van der Waals surface area contributed by atoms with E-state index in [9.17, 15) is 15.0 Å². The number of rotatable bonds is 2. The van der Waals surface area contributed by atoms with Crippen LogP contribution in [0.5, 0.6) is 5.75 Å². The van der Waals surface area contributed by atoms with Crippen molar-refractivity contribution in [3.8, 4) is 5.75 Å². The van der Waals surface area contributed by atoms with Crippen LogP contribution < -0.4 is 4.90 Å². The Hall–Kier alpha value is -2.33. The quantitative estimate of drug-likeness (QED) is 0.871. The molecule has 0 saturated heterocycles. The molecule has 0 spiro atoms. The van der Waals surface area contributed by atoms with E-state index in [4.69, 9.17) is 0 Å². The van der Waals surface area contributed by atoms with Crippen LogP contribution in [0.3, 0.4) is 0 Å². The molecule has 0 radical (unpaired) electrons. The van der Waals surface area contributed by atoms with Crippen LogP contribution in [-0.4, -0.2) is 29.8 Å². The molecule has 1 aliphatic heterocycles. The number of amides is 1. The van der Waals surface area contributed by atoms with E-state index < -0.39 is 5.41 Å². The van der Waals surface area contributed by atoms with Crippen LogP contribution in [0.1, 0.15) is 11.1 Å². The molecule has 1 heterocycles. The van der Waals surface area contributed by atoms with E-state index in [2.05, 4.69) is 0 Å². The first kappa shape index (κ1) is 12.7. The SMILES string of the molecule is CN1C(=O)[C@](CO)(c2ccccc2O)c2ccccc21. The van der Waals surface area contributed by atoms with Gasteiger partial charge >= 0.3 is 0 Å². The van der Waals surface area contributed by atoms with Crippen LogP contribution in [0.25, 0.3) is 0 Å². The highest BCUT2D eigenvalue weighted by Crippen LogP contribution is 2.47. The zero-order valence-electron chi connectivity index (χ0n) is 11.1. The fraction of sp³-hybridized carbons (Fsp3) is 0.188. The third-order valence-electron chi connectivity index (χ3n) is 4.00. The number of aliphatic hydroxyl groups excluding tert-OH is 1. The standard InChI is InChI=1S/C16H15NO3/c1-17-13-8-4-2-6-11(13)16(10-18,15(17)20)12-7-3-5-9-14(12)19/h2-9,18-19H,10H2,1H3/t16-/m0/s1. The van der Waals surface area contributed by atoms with Gasteiger partial charge in [0, 0.05) is 18.3 Å². The molecule has 0 fully saturated rings. The monoisotopic (exact) mass is 269 g/mol. The van der Waals surface area contributed by atoms with Crippen LogP contribution in [0.4, 0.5) is 5.69 Å². The van der Waals surface area contributed by atoms with Gasteiger partial charge in [-0.3, -0.25) is 4.79 Å². The Kier molecular flexibility index (Phi) is 2.76. The molecule has 1 atom stereocenters. The van der Waals surface area contributed by atoms with E-state index in [1.54, 1.807) is 25.2 Å². The summed E-state index contributed by atoms with van der Waals surface area (Å²) in [5.41, 5.74) is 0.687. The highest BCUT2D eigenvalue weighted by Gasteiger charge is 2.51. The molecule has 0 aliphatic carbocycles. The van der Waals surface area contributed by atoms with Crippen molar-refractivity contribution in [2.45, 2.75) is 5.41 Å². The van der Waals surface area contributed by atoms with Gasteiger partial charge in [-0.15, -0.1) is 0 Å². The Morgan fingerprint density at radius 1 is 1.05 bits per heavy atom. The predicted molar refractivity (Wildman–Crippen MR) is 75.8 cm³/mol. The lowest BCUT2D eigenvalue weighted by molar-refractivity contribution is -0.122. The van der Waals surface area contributed by atoms with Gasteiger partial charge < -0.3 is 15.1 Å². The molecule has 20 heavy (non-hydrogen) atoms. The third kappa shape index (κ3) is 1.42. The van der Waals surface area contributed by atoms with Crippen molar-refractivity contribution >= 4 is 11.6 Å². The maximum Gasteiger partial charge on any atom is 0.244 e. The van der Waals surface area contributed by atoms with E-state index in [1.807, 2.05) is 24.3 Å². The second-order valence-corrected chi connectivity index (χ2v) is 4.96. The van der Waals surface area contributed by atoms with Crippen LogP contribution in [-0.2, 0) is 10.2 Å². The largest absolute Gasteiger partial charge is 0.508 e. The Balaban J connectivity index is 2.34. The summed E-state index contributed by atoms with van der Waals surface area (Å²) < 4.78 is 0. The number of anilines is 1. The number of carbonyl (C=O) groups is 1. The van der Waals surface area contributed by atoms with E-state index in [0.29, 0.717) is 5.56 Å². The van der Waals surface area contributed by atoms with Gasteiger partial charge in [0.1, 0.15) is 11.2 Å². The summed E-state index contributed by atoms with van der Waals surface area (Å²) in [4.78, 5) is 14.2. The number of fused-ring (bicyclic) bond motifs is 1. The van der Waals surface area contributed by atoms with E-state index in [-0.39, 0.29) is 18.3 Å². The predicted octanol–water partition coefficient (Wildman–Crippen LogP) is 1.65. The van der Waals surface area contributed by atoms with Crippen molar-refractivity contribution in [1.29, 1.82) is 0 Å². The van der Waals surface area contributed by atoms with Gasteiger partial charge in [0.15, 0.2) is 0 Å². The zero-order valence-corrected chi connectivity index (χ0v) is 11.1. The topological polar surface area (TPSA) is 60.8 Å². The first-order valence-electron chi connectivity index (χ1n) is 6.40. The lowest BCUT2D eigenvalue weighted by Gasteiger charge is -2.27. The fourth-order valence-electron chi connectivity index (χ4n) is 2.97. The number of aliphatic hydroxyl groups is 1. The van der Waals surface area contributed by atoms with E-state index >= 15 is 0 Å². The molecule has 102 valence electrons. The maximum atomic E-state index is 12.7. The molecule has 2 N–H and O–H groups in total. The molecular weight excluding hydrogens is 254 g/mol. The van der Waals surface area contributed by atoms with Crippen molar-refractivity contribution in [3.63, 3.8) is 0 Å². The van der Waals surface area contributed by atoms with Gasteiger partial charge in [-0.1, -0.05) is 36.4 Å². The molecule has 2 aromatic rings. The molecule has 0 unspecified atom stereocenters. The zero-order chi connectivity index (χ0) is 14.3. The summed E-state index contributed by atoms with van der Waals surface area (Å²) in [5.74, 6) is -0.220. The van der Waals surface area contributed by atoms with Crippen LogP contribution in [0, 0.1) is 0 Å². The van der Waals surface area contributed by atoms with Crippen molar-refractivity contribution in [2.24, 2.45) is 0 Å². The van der Waals surface area contributed by atoms with E-state index in [0.717, 1.165) is 11.3 Å². The number of phenolic OH excluding ortho intramolecular Hbond substituents is 1. The lowest BCUT2D eigenvalue weighted by atomic mass is 9.75. The summed E-state index contributed by atoms with van der Waals surface area (Å²) in [6.45, 7) is -0.384. The minimum atomic E-state index is -1.23. The Morgan fingerprint density at radius 2 is 1.65 bits per heavy atom. The molecule has 0 saturated carbocycles. The number of hydrogen-bond acceptors (Lipinski definition) is 3. The second kappa shape index (κ2) is 4.35. The number of para-hydroxylation sites is 2. The van der Waals surface area contributed by atoms with E-state index in [1.165, 1.54) is 11.0 Å². The fourth-order valence-corrected chi connectivity index (χ4v) is 2.97. The summed E-state index contributed by atoms with van der Waals surface area (Å²) >= 11 is 0. The molecule has 0 bridgehead atoms. The Bertz CT molecular complexity index is 683. The van der Waals surface area contributed by atoms with Gasteiger partial charge in [-0.2, -0.15) is 0 Å². The number of aromatic hydroxyl groups is 1. The molecule has 1 amide bonds. The van der Waals surface area contributed by atoms with Gasteiger partial charge in [-0.05, 0) is 17.7 Å². The molecule has 4 nitrogen and oxygen atoms in total. The average molecular weight is 269 g/mol. The number of benzene rings is 2. The smallest absolute Gasteiger partial charge is 0.244 e. The highest BCUT2D eigenvalue weighted by atomic mass is 16.3. The molecule has 1 aliphatic rings. The summed E-state index contributed by atoms with van der Waals surface area (Å²) in [5, 5.41) is 20.1. The van der Waals surface area contributed by atoms with Gasteiger partial charge in [-0.25, -0.2) is 0 Å². The van der Waals surface area contributed by atoms with Crippen molar-refractivity contribution < 1.29 is 15.0 Å². The second-order valence-electron chi connectivity index (χ2n) is 4.96. The number of likely N-dealkylation sites (N-methyl/N-ethyl adjacent to an activating group) is 1. The van der Waals surface area contributed by atoms with Gasteiger partial charge in [0.05, 0.1) is 6.61 Å². The summed E-state index contributed by atoms with van der Waals surface area (Å²) in [6, 6.07) is 14.0. The average Bonchev–Trinajstić information content (AvgIpc) is 2.70. The lowest BCUT2D eigenvalue weighted by Crippen LogP contribution is -2.42. The van der Waals surface area contributed by atoms with Crippen molar-refractivity contribution in [3.05, 3.63) is 59.7 Å². The number of nitrogens with zero attached hydrogens (tertiary/aromatic N) is 1. The normalized spacial score (nSPS) is 21.1. The highest BCUT2D eigenvalue weighted by molar-refractivity contribution is 6.10. The third-order valence-corrected chi connectivity index (χ3v) is 4.00. The maximum absolute atomic E-state index is 12.7. The molecule has 3 rings (SSSR count). The van der Waals surface area contributed by atoms with Gasteiger partial charge in [0.2, 0.25) is 5.91 Å². The Labute approximate surface area is 116 Å². The molecule has 0 aromatic heterocycles. The van der Waals surface area contributed by atoms with Crippen LogP contribution >= 0.6 is 0 Å². The van der Waals surface area contributed by atoms with Crippen LogP contribution in [0.15, 0.2) is 48.5 Å². The van der Waals surface area contributed by atoms with Gasteiger partial charge in [0.25, 0.3) is 0 Å². The number of phenols is 1. The summed E-state index contributed by atoms with van der Waals surface area (Å²) in [6.07, 6.45) is 0. The molecule has 2 aromatic carbocycles. The van der Waals surface area contributed by atoms with Crippen molar-refractivity contribution in [1.82, 2.24) is 0 Å². The number of carbonyl (C=O) groups excluding carboxylic acids is 1. The summed E-state index contributed by atoms with van der Waals surface area (Å²) in [7, 11) is 1.68. The first-order valence-corrected chi connectivity index (χ1v) is 6.40.